The van der Waals surface area contributed by atoms with Gasteiger partial charge < -0.3 is 4.74 Å². The first kappa shape index (κ1) is 19.9. The molecule has 0 N–H and O–H groups in total. The number of hydrogen-bond donors (Lipinski definition) is 0. The molecule has 150 valence electrons. The highest BCUT2D eigenvalue weighted by atomic mass is 35.5. The van der Waals surface area contributed by atoms with E-state index in [1.165, 1.54) is 4.90 Å². The number of benzene rings is 3. The predicted molar refractivity (Wildman–Crippen MR) is 120 cm³/mol. The van der Waals surface area contributed by atoms with Crippen LogP contribution in [-0.2, 0) is 14.3 Å². The van der Waals surface area contributed by atoms with E-state index in [1.807, 2.05) is 42.5 Å². The van der Waals surface area contributed by atoms with Crippen LogP contribution < -0.4 is 4.90 Å². The first-order valence-electron chi connectivity index (χ1n) is 9.69. The Morgan fingerprint density at radius 2 is 1.73 bits per heavy atom. The lowest BCUT2D eigenvalue weighted by atomic mass is 9.99. The second kappa shape index (κ2) is 8.17. The number of rotatable bonds is 4. The zero-order valence-electron chi connectivity index (χ0n) is 16.7. The molecular formula is C25H20ClNO3. The van der Waals surface area contributed by atoms with E-state index in [0.717, 1.165) is 16.3 Å². The molecule has 1 aliphatic heterocycles. The number of esters is 1. The number of carbonyl (C=O) groups is 2. The molecule has 0 aliphatic carbocycles. The maximum absolute atomic E-state index is 13.4. The highest BCUT2D eigenvalue weighted by Crippen LogP contribution is 2.36. The Morgan fingerprint density at radius 1 is 1.03 bits per heavy atom. The van der Waals surface area contributed by atoms with Crippen molar-refractivity contribution < 1.29 is 14.3 Å². The van der Waals surface area contributed by atoms with E-state index in [2.05, 4.69) is 0 Å². The van der Waals surface area contributed by atoms with Gasteiger partial charge in [0, 0.05) is 16.4 Å². The number of anilines is 1. The molecule has 0 aromatic heterocycles. The fraction of sp³-hybridized carbons (Fsp3) is 0.120. The lowest BCUT2D eigenvalue weighted by Gasteiger charge is -2.18. The summed E-state index contributed by atoms with van der Waals surface area (Å²) in [5.41, 5.74) is 2.64. The number of ether oxygens (including phenoxy) is 1. The first-order chi connectivity index (χ1) is 14.5. The zero-order valence-corrected chi connectivity index (χ0v) is 17.4. The van der Waals surface area contributed by atoms with E-state index in [4.69, 9.17) is 16.3 Å². The molecule has 3 aromatic carbocycles. The topological polar surface area (TPSA) is 46.6 Å². The third kappa shape index (κ3) is 3.51. The third-order valence-corrected chi connectivity index (χ3v) is 5.34. The Kier molecular flexibility index (Phi) is 5.42. The molecule has 0 saturated heterocycles. The number of halogens is 1. The Hall–Kier alpha value is -3.37. The van der Waals surface area contributed by atoms with Gasteiger partial charge in [0.1, 0.15) is 0 Å². The number of hydrogen-bond acceptors (Lipinski definition) is 3. The van der Waals surface area contributed by atoms with Crippen molar-refractivity contribution in [2.45, 2.75) is 13.8 Å². The molecular weight excluding hydrogens is 398 g/mol. The summed E-state index contributed by atoms with van der Waals surface area (Å²) in [5, 5.41) is 2.64. The molecule has 0 fully saturated rings. The molecule has 5 heteroatoms. The first-order valence-corrected chi connectivity index (χ1v) is 10.1. The summed E-state index contributed by atoms with van der Waals surface area (Å²) in [5.74, 6) is -0.780. The molecule has 0 atom stereocenters. The average molecular weight is 418 g/mol. The summed E-state index contributed by atoms with van der Waals surface area (Å²) < 4.78 is 5.27. The molecule has 0 unspecified atom stereocenters. The molecule has 0 bridgehead atoms. The van der Waals surface area contributed by atoms with Gasteiger partial charge in [-0.3, -0.25) is 9.69 Å². The van der Waals surface area contributed by atoms with Crippen molar-refractivity contribution in [3.8, 4) is 0 Å². The van der Waals surface area contributed by atoms with Crippen molar-refractivity contribution in [3.63, 3.8) is 0 Å². The third-order valence-electron chi connectivity index (χ3n) is 5.09. The van der Waals surface area contributed by atoms with Gasteiger partial charge in [0.05, 0.1) is 17.8 Å². The summed E-state index contributed by atoms with van der Waals surface area (Å²) in [6.07, 6.45) is 1.77. The summed E-state index contributed by atoms with van der Waals surface area (Å²) >= 11 is 6.00. The van der Waals surface area contributed by atoms with Gasteiger partial charge in [-0.25, -0.2) is 4.79 Å². The van der Waals surface area contributed by atoms with E-state index >= 15 is 0 Å². The fourth-order valence-electron chi connectivity index (χ4n) is 3.71. The molecule has 1 aliphatic rings. The maximum Gasteiger partial charge on any atom is 0.340 e. The van der Waals surface area contributed by atoms with Crippen molar-refractivity contribution in [1.82, 2.24) is 0 Å². The molecule has 1 heterocycles. The molecule has 0 saturated carbocycles. The summed E-state index contributed by atoms with van der Waals surface area (Å²) in [6.45, 7) is 3.73. The normalized spacial score (nSPS) is 15.4. The summed E-state index contributed by atoms with van der Waals surface area (Å²) in [6, 6.07) is 20.8. The predicted octanol–water partition coefficient (Wildman–Crippen LogP) is 5.76. The number of carbonyl (C=O) groups excluding carboxylic acids is 2. The van der Waals surface area contributed by atoms with E-state index in [9.17, 15) is 9.59 Å². The van der Waals surface area contributed by atoms with Crippen LogP contribution in [0.1, 0.15) is 19.4 Å². The Bertz CT molecular complexity index is 1200. The average Bonchev–Trinajstić information content (AvgIpc) is 2.99. The van der Waals surface area contributed by atoms with Gasteiger partial charge in [-0.15, -0.1) is 0 Å². The van der Waals surface area contributed by atoms with Crippen LogP contribution in [0.4, 0.5) is 5.69 Å². The van der Waals surface area contributed by atoms with Crippen LogP contribution in [0.25, 0.3) is 16.8 Å². The minimum atomic E-state index is -0.508. The smallest absolute Gasteiger partial charge is 0.340 e. The number of nitrogens with zero attached hydrogens (tertiary/aromatic N) is 1. The van der Waals surface area contributed by atoms with E-state index < -0.39 is 5.97 Å². The van der Waals surface area contributed by atoms with E-state index in [0.29, 0.717) is 22.0 Å². The molecule has 4 nitrogen and oxygen atoms in total. The van der Waals surface area contributed by atoms with Crippen molar-refractivity contribution >= 4 is 46.0 Å². The van der Waals surface area contributed by atoms with Crippen molar-refractivity contribution in [2.75, 3.05) is 11.5 Å². The van der Waals surface area contributed by atoms with Gasteiger partial charge in [0.2, 0.25) is 0 Å². The van der Waals surface area contributed by atoms with E-state index in [1.54, 1.807) is 44.2 Å². The zero-order chi connectivity index (χ0) is 21.3. The molecule has 1 amide bonds. The summed E-state index contributed by atoms with van der Waals surface area (Å²) in [4.78, 5) is 27.7. The molecule has 30 heavy (non-hydrogen) atoms. The van der Waals surface area contributed by atoms with Crippen molar-refractivity contribution in [3.05, 3.63) is 94.2 Å². The molecule has 4 rings (SSSR count). The van der Waals surface area contributed by atoms with Crippen LogP contribution in [0.3, 0.4) is 0 Å². The van der Waals surface area contributed by atoms with Crippen molar-refractivity contribution in [2.24, 2.45) is 0 Å². The highest BCUT2D eigenvalue weighted by molar-refractivity contribution is 6.30. The molecule has 3 aromatic rings. The van der Waals surface area contributed by atoms with Gasteiger partial charge in [-0.2, -0.15) is 0 Å². The van der Waals surface area contributed by atoms with Crippen LogP contribution in [0.15, 0.2) is 83.6 Å². The Balaban J connectivity index is 1.89. The minimum Gasteiger partial charge on any atom is -0.462 e. The fourth-order valence-corrected chi connectivity index (χ4v) is 3.84. The van der Waals surface area contributed by atoms with Crippen molar-refractivity contribution in [1.29, 1.82) is 0 Å². The summed E-state index contributed by atoms with van der Waals surface area (Å²) in [7, 11) is 0. The quantitative estimate of drug-likeness (QED) is 0.400. The lowest BCUT2D eigenvalue weighted by molar-refractivity contribution is -0.138. The van der Waals surface area contributed by atoms with Crippen LogP contribution in [-0.4, -0.2) is 18.5 Å². The maximum atomic E-state index is 13.4. The van der Waals surface area contributed by atoms with Gasteiger partial charge in [0.15, 0.2) is 0 Å². The second-order valence-electron chi connectivity index (χ2n) is 6.92. The number of amides is 1. The molecule has 0 radical (unpaired) electrons. The van der Waals surface area contributed by atoms with Crippen LogP contribution in [0, 0.1) is 0 Å². The SMILES string of the molecule is CCOC(=O)C1=C(C)N(c2ccc(Cl)cc2)C(=O)/C1=C\c1cccc2ccccc12. The molecule has 0 spiro atoms. The standard InChI is InChI=1S/C25H20ClNO3/c1-3-30-25(29)23-16(2)27(20-13-11-19(26)12-14-20)24(28)22(23)15-18-9-6-8-17-7-4-5-10-21(17)18/h4-15H,3H2,1-2H3/b22-15-. The number of allylic oxidation sites excluding steroid dienone is 1. The lowest BCUT2D eigenvalue weighted by Crippen LogP contribution is -2.24. The van der Waals surface area contributed by atoms with Crippen LogP contribution >= 0.6 is 11.6 Å². The van der Waals surface area contributed by atoms with Gasteiger partial charge in [-0.1, -0.05) is 54.1 Å². The number of fused-ring (bicyclic) bond motifs is 1. The Labute approximate surface area is 180 Å². The monoisotopic (exact) mass is 417 g/mol. The van der Waals surface area contributed by atoms with Gasteiger partial charge >= 0.3 is 5.97 Å². The van der Waals surface area contributed by atoms with Crippen LogP contribution in [0.5, 0.6) is 0 Å². The van der Waals surface area contributed by atoms with Crippen LogP contribution in [0.2, 0.25) is 5.02 Å². The minimum absolute atomic E-state index is 0.228. The second-order valence-corrected chi connectivity index (χ2v) is 7.36. The largest absolute Gasteiger partial charge is 0.462 e. The van der Waals surface area contributed by atoms with E-state index in [-0.39, 0.29) is 18.1 Å². The van der Waals surface area contributed by atoms with Gasteiger partial charge in [-0.05, 0) is 60.5 Å². The Morgan fingerprint density at radius 3 is 2.47 bits per heavy atom. The van der Waals surface area contributed by atoms with Gasteiger partial charge in [0.25, 0.3) is 5.91 Å². The highest BCUT2D eigenvalue weighted by Gasteiger charge is 2.38.